The highest BCUT2D eigenvalue weighted by molar-refractivity contribution is 5.27. The average Bonchev–Trinajstić information content (AvgIpc) is 2.55. The Morgan fingerprint density at radius 2 is 1.45 bits per heavy atom. The van der Waals surface area contributed by atoms with Crippen molar-refractivity contribution in [2.24, 2.45) is 0 Å². The summed E-state index contributed by atoms with van der Waals surface area (Å²) >= 11 is 0. The molecule has 3 nitrogen and oxygen atoms in total. The van der Waals surface area contributed by atoms with Gasteiger partial charge in [-0.15, -0.1) is 0 Å². The van der Waals surface area contributed by atoms with Crippen LogP contribution in [0.1, 0.15) is 18.1 Å². The SMILES string of the molecule is CCOCCOc1ccc(CNCc2ccc(F)cc2)cc1. The van der Waals surface area contributed by atoms with Crippen molar-refractivity contribution < 1.29 is 13.9 Å². The maximum absolute atomic E-state index is 12.8. The highest BCUT2D eigenvalue weighted by Crippen LogP contribution is 2.12. The summed E-state index contributed by atoms with van der Waals surface area (Å²) in [6.45, 7) is 5.33. The Hall–Kier alpha value is -1.91. The second kappa shape index (κ2) is 9.18. The zero-order valence-electron chi connectivity index (χ0n) is 12.8. The smallest absolute Gasteiger partial charge is 0.123 e. The molecule has 0 aromatic heterocycles. The van der Waals surface area contributed by atoms with Crippen LogP contribution in [-0.4, -0.2) is 19.8 Å². The second-order valence-corrected chi connectivity index (χ2v) is 4.92. The van der Waals surface area contributed by atoms with Crippen LogP contribution in [0, 0.1) is 5.82 Å². The lowest BCUT2D eigenvalue weighted by Crippen LogP contribution is -2.12. The van der Waals surface area contributed by atoms with Crippen molar-refractivity contribution in [1.29, 1.82) is 0 Å². The van der Waals surface area contributed by atoms with Crippen molar-refractivity contribution in [2.45, 2.75) is 20.0 Å². The van der Waals surface area contributed by atoms with Gasteiger partial charge in [0.25, 0.3) is 0 Å². The summed E-state index contributed by atoms with van der Waals surface area (Å²) in [5.41, 5.74) is 2.25. The minimum Gasteiger partial charge on any atom is -0.491 e. The van der Waals surface area contributed by atoms with Crippen LogP contribution >= 0.6 is 0 Å². The number of hydrogen-bond acceptors (Lipinski definition) is 3. The Labute approximate surface area is 131 Å². The molecule has 0 aliphatic carbocycles. The molecule has 4 heteroatoms. The summed E-state index contributed by atoms with van der Waals surface area (Å²) in [5, 5.41) is 3.33. The predicted octanol–water partition coefficient (Wildman–Crippen LogP) is 3.53. The zero-order chi connectivity index (χ0) is 15.6. The number of rotatable bonds is 9. The van der Waals surface area contributed by atoms with Gasteiger partial charge in [0.05, 0.1) is 6.61 Å². The molecule has 2 rings (SSSR count). The van der Waals surface area contributed by atoms with E-state index in [2.05, 4.69) is 5.32 Å². The van der Waals surface area contributed by atoms with Gasteiger partial charge in [-0.3, -0.25) is 0 Å². The minimum atomic E-state index is -0.205. The molecular formula is C18H22FNO2. The summed E-state index contributed by atoms with van der Waals surface area (Å²) in [6, 6.07) is 14.5. The molecule has 0 spiro atoms. The molecule has 0 fully saturated rings. The summed E-state index contributed by atoms with van der Waals surface area (Å²) < 4.78 is 23.6. The van der Waals surface area contributed by atoms with Crippen LogP contribution in [0.15, 0.2) is 48.5 Å². The fraction of sp³-hybridized carbons (Fsp3) is 0.333. The van der Waals surface area contributed by atoms with E-state index in [1.807, 2.05) is 31.2 Å². The van der Waals surface area contributed by atoms with Crippen LogP contribution in [0.2, 0.25) is 0 Å². The quantitative estimate of drug-likeness (QED) is 0.719. The highest BCUT2D eigenvalue weighted by atomic mass is 19.1. The van der Waals surface area contributed by atoms with Crippen molar-refractivity contribution in [2.75, 3.05) is 19.8 Å². The molecule has 2 aromatic rings. The molecule has 118 valence electrons. The van der Waals surface area contributed by atoms with Gasteiger partial charge in [-0.25, -0.2) is 4.39 Å². The van der Waals surface area contributed by atoms with Gasteiger partial charge < -0.3 is 14.8 Å². The summed E-state index contributed by atoms with van der Waals surface area (Å²) in [7, 11) is 0. The van der Waals surface area contributed by atoms with Crippen molar-refractivity contribution in [3.63, 3.8) is 0 Å². The highest BCUT2D eigenvalue weighted by Gasteiger charge is 1.97. The van der Waals surface area contributed by atoms with Gasteiger partial charge >= 0.3 is 0 Å². The van der Waals surface area contributed by atoms with Crippen molar-refractivity contribution >= 4 is 0 Å². The van der Waals surface area contributed by atoms with E-state index in [4.69, 9.17) is 9.47 Å². The van der Waals surface area contributed by atoms with E-state index in [-0.39, 0.29) is 5.82 Å². The average molecular weight is 303 g/mol. The number of halogens is 1. The first-order valence-electron chi connectivity index (χ1n) is 7.52. The maximum Gasteiger partial charge on any atom is 0.123 e. The van der Waals surface area contributed by atoms with Crippen molar-refractivity contribution in [3.05, 3.63) is 65.5 Å². The van der Waals surface area contributed by atoms with E-state index in [0.29, 0.717) is 26.4 Å². The Bertz CT molecular complexity index is 540. The molecule has 0 saturated heterocycles. The molecule has 0 aliphatic heterocycles. The largest absolute Gasteiger partial charge is 0.491 e. The monoisotopic (exact) mass is 303 g/mol. The first-order valence-corrected chi connectivity index (χ1v) is 7.52. The molecule has 0 unspecified atom stereocenters. The van der Waals surface area contributed by atoms with Crippen LogP contribution < -0.4 is 10.1 Å². The molecule has 22 heavy (non-hydrogen) atoms. The van der Waals surface area contributed by atoms with Crippen LogP contribution in [0.3, 0.4) is 0 Å². The number of nitrogens with one attached hydrogen (secondary N) is 1. The Morgan fingerprint density at radius 1 is 0.864 bits per heavy atom. The third kappa shape index (κ3) is 5.84. The van der Waals surface area contributed by atoms with Gasteiger partial charge in [-0.05, 0) is 42.3 Å². The minimum absolute atomic E-state index is 0.205. The number of benzene rings is 2. The fourth-order valence-corrected chi connectivity index (χ4v) is 2.02. The fourth-order valence-electron chi connectivity index (χ4n) is 2.02. The standard InChI is InChI=1S/C18H22FNO2/c1-2-21-11-12-22-18-9-5-16(6-10-18)14-20-13-15-3-7-17(19)8-4-15/h3-10,20H,2,11-14H2,1H3. The lowest BCUT2D eigenvalue weighted by molar-refractivity contribution is 0.110. The maximum atomic E-state index is 12.8. The zero-order valence-corrected chi connectivity index (χ0v) is 12.8. The van der Waals surface area contributed by atoms with Crippen LogP contribution in [0.4, 0.5) is 4.39 Å². The number of hydrogen-bond donors (Lipinski definition) is 1. The Balaban J connectivity index is 1.70. The van der Waals surface area contributed by atoms with Crippen molar-refractivity contribution in [3.8, 4) is 5.75 Å². The molecule has 0 atom stereocenters. The molecule has 0 bridgehead atoms. The van der Waals surface area contributed by atoms with E-state index in [0.717, 1.165) is 17.9 Å². The molecule has 1 N–H and O–H groups in total. The molecular weight excluding hydrogens is 281 g/mol. The van der Waals surface area contributed by atoms with Gasteiger partial charge in [-0.2, -0.15) is 0 Å². The second-order valence-electron chi connectivity index (χ2n) is 4.92. The summed E-state index contributed by atoms with van der Waals surface area (Å²) in [4.78, 5) is 0. The van der Waals surface area contributed by atoms with E-state index >= 15 is 0 Å². The molecule has 0 saturated carbocycles. The third-order valence-electron chi connectivity index (χ3n) is 3.20. The van der Waals surface area contributed by atoms with E-state index in [1.165, 1.54) is 17.7 Å². The Kier molecular flexibility index (Phi) is 6.87. The van der Waals surface area contributed by atoms with Crippen molar-refractivity contribution in [1.82, 2.24) is 5.32 Å². The van der Waals surface area contributed by atoms with Gasteiger partial charge in [0, 0.05) is 19.7 Å². The molecule has 2 aromatic carbocycles. The first-order chi connectivity index (χ1) is 10.8. The first kappa shape index (κ1) is 16.5. The van der Waals surface area contributed by atoms with Gasteiger partial charge in [0.1, 0.15) is 18.2 Å². The molecule has 0 amide bonds. The predicted molar refractivity (Wildman–Crippen MR) is 85.4 cm³/mol. The van der Waals surface area contributed by atoms with Crippen LogP contribution in [-0.2, 0) is 17.8 Å². The van der Waals surface area contributed by atoms with Gasteiger partial charge in [-0.1, -0.05) is 24.3 Å². The normalized spacial score (nSPS) is 10.6. The van der Waals surface area contributed by atoms with Gasteiger partial charge in [0.2, 0.25) is 0 Å². The van der Waals surface area contributed by atoms with E-state index < -0.39 is 0 Å². The molecule has 0 radical (unpaired) electrons. The summed E-state index contributed by atoms with van der Waals surface area (Å²) in [5.74, 6) is 0.644. The molecule has 0 heterocycles. The lowest BCUT2D eigenvalue weighted by Gasteiger charge is -2.08. The van der Waals surface area contributed by atoms with Crippen LogP contribution in [0.25, 0.3) is 0 Å². The third-order valence-corrected chi connectivity index (χ3v) is 3.20. The number of ether oxygens (including phenoxy) is 2. The lowest BCUT2D eigenvalue weighted by atomic mass is 10.2. The van der Waals surface area contributed by atoms with E-state index in [9.17, 15) is 4.39 Å². The van der Waals surface area contributed by atoms with Crippen LogP contribution in [0.5, 0.6) is 5.75 Å². The molecule has 0 aliphatic rings. The Morgan fingerprint density at radius 3 is 2.05 bits per heavy atom. The van der Waals surface area contributed by atoms with E-state index in [1.54, 1.807) is 12.1 Å². The van der Waals surface area contributed by atoms with Gasteiger partial charge in [0.15, 0.2) is 0 Å². The topological polar surface area (TPSA) is 30.5 Å². The summed E-state index contributed by atoms with van der Waals surface area (Å²) in [6.07, 6.45) is 0.